The van der Waals surface area contributed by atoms with Crippen molar-refractivity contribution in [3.05, 3.63) is 46.9 Å². The van der Waals surface area contributed by atoms with Gasteiger partial charge in [0.25, 0.3) is 5.91 Å². The summed E-state index contributed by atoms with van der Waals surface area (Å²) in [6, 6.07) is 5.71. The van der Waals surface area contributed by atoms with Crippen LogP contribution in [-0.2, 0) is 16.0 Å². The van der Waals surface area contributed by atoms with Crippen LogP contribution in [0.2, 0.25) is 0 Å². The van der Waals surface area contributed by atoms with Crippen LogP contribution >= 0.6 is 0 Å². The number of carbonyl (C=O) groups excluding carboxylic acids is 2. The fourth-order valence-corrected chi connectivity index (χ4v) is 4.27. The minimum atomic E-state index is -0.408. The largest absolute Gasteiger partial charge is 0.383 e. The number of fused-ring (bicyclic) bond motifs is 1. The van der Waals surface area contributed by atoms with Gasteiger partial charge in [-0.15, -0.1) is 0 Å². The van der Waals surface area contributed by atoms with Gasteiger partial charge in [-0.05, 0) is 25.5 Å². The van der Waals surface area contributed by atoms with Gasteiger partial charge < -0.3 is 24.7 Å². The predicted molar refractivity (Wildman–Crippen MR) is 139 cm³/mol. The van der Waals surface area contributed by atoms with Crippen molar-refractivity contribution in [2.45, 2.75) is 26.4 Å². The maximum Gasteiger partial charge on any atom is 0.260 e. The van der Waals surface area contributed by atoms with Crippen LogP contribution in [0.25, 0.3) is 11.0 Å². The SMILES string of the molecule is COCCNc1cc(NC(=O)c2cn(C(C)C)c3cc(CN4CCOCC4)c(C=O)nc23)ncc1C#N. The number of nitriles is 1. The fraction of sp³-hybridized carbons (Fsp3) is 0.423. The van der Waals surface area contributed by atoms with E-state index in [9.17, 15) is 14.9 Å². The van der Waals surface area contributed by atoms with Gasteiger partial charge in [-0.1, -0.05) is 0 Å². The fourth-order valence-electron chi connectivity index (χ4n) is 4.27. The highest BCUT2D eigenvalue weighted by Gasteiger charge is 2.22. The zero-order valence-corrected chi connectivity index (χ0v) is 21.3. The van der Waals surface area contributed by atoms with Crippen LogP contribution in [0.5, 0.6) is 0 Å². The zero-order chi connectivity index (χ0) is 26.4. The van der Waals surface area contributed by atoms with Crippen molar-refractivity contribution in [3.8, 4) is 6.07 Å². The van der Waals surface area contributed by atoms with Crippen LogP contribution in [0, 0.1) is 11.3 Å². The Kier molecular flexibility index (Phi) is 8.45. The molecule has 4 rings (SSSR count). The molecule has 1 fully saturated rings. The molecule has 1 saturated heterocycles. The molecule has 3 aromatic rings. The summed E-state index contributed by atoms with van der Waals surface area (Å²) in [5.41, 5.74) is 3.60. The van der Waals surface area contributed by atoms with Crippen LogP contribution in [0.3, 0.4) is 0 Å². The number of anilines is 2. The van der Waals surface area contributed by atoms with Crippen molar-refractivity contribution in [3.63, 3.8) is 0 Å². The Balaban J connectivity index is 1.66. The molecule has 0 aromatic carbocycles. The number of rotatable bonds is 10. The standard InChI is InChI=1S/C26H31N7O4/c1-17(2)33-15-20(26(35)31-24-11-21(28-4-7-36-3)19(12-27)13-29-24)25-23(33)10-18(22(16-34)30-25)14-32-5-8-37-9-6-32/h10-11,13,15-17H,4-9,14H2,1-3H3,(H2,28,29,31,35). The first-order valence-electron chi connectivity index (χ1n) is 12.2. The molecule has 0 bridgehead atoms. The van der Waals surface area contributed by atoms with Gasteiger partial charge in [0, 0.05) is 57.8 Å². The predicted octanol–water partition coefficient (Wildman–Crippen LogP) is 2.84. The first-order chi connectivity index (χ1) is 17.9. The number of amides is 1. The number of ether oxygens (including phenoxy) is 2. The van der Waals surface area contributed by atoms with E-state index in [-0.39, 0.29) is 11.9 Å². The van der Waals surface area contributed by atoms with Crippen molar-refractivity contribution in [1.29, 1.82) is 5.26 Å². The Morgan fingerprint density at radius 3 is 2.78 bits per heavy atom. The lowest BCUT2D eigenvalue weighted by Gasteiger charge is -2.27. The molecular formula is C26H31N7O4. The number of aromatic nitrogens is 3. The lowest BCUT2D eigenvalue weighted by atomic mass is 10.1. The maximum atomic E-state index is 13.4. The molecule has 11 nitrogen and oxygen atoms in total. The average Bonchev–Trinajstić information content (AvgIpc) is 3.28. The number of nitrogens with zero attached hydrogens (tertiary/aromatic N) is 5. The third kappa shape index (κ3) is 5.94. The first-order valence-corrected chi connectivity index (χ1v) is 12.2. The van der Waals surface area contributed by atoms with E-state index in [1.807, 2.05) is 24.5 Å². The number of nitrogens with one attached hydrogen (secondary N) is 2. The summed E-state index contributed by atoms with van der Waals surface area (Å²) in [6.45, 7) is 8.48. The van der Waals surface area contributed by atoms with E-state index in [2.05, 4.69) is 31.6 Å². The Bertz CT molecular complexity index is 1320. The minimum Gasteiger partial charge on any atom is -0.383 e. The van der Waals surface area contributed by atoms with Gasteiger partial charge in [-0.2, -0.15) is 5.26 Å². The zero-order valence-electron chi connectivity index (χ0n) is 21.3. The minimum absolute atomic E-state index is 0.0637. The third-order valence-corrected chi connectivity index (χ3v) is 6.21. The average molecular weight is 506 g/mol. The Hall–Kier alpha value is -3.85. The highest BCUT2D eigenvalue weighted by molar-refractivity contribution is 6.12. The van der Waals surface area contributed by atoms with Gasteiger partial charge in [0.15, 0.2) is 6.29 Å². The summed E-state index contributed by atoms with van der Waals surface area (Å²) in [4.78, 5) is 36.4. The molecule has 0 atom stereocenters. The summed E-state index contributed by atoms with van der Waals surface area (Å²) < 4.78 is 12.5. The number of pyridine rings is 2. The molecule has 0 saturated carbocycles. The maximum absolute atomic E-state index is 13.4. The van der Waals surface area contributed by atoms with Crippen LogP contribution < -0.4 is 10.6 Å². The van der Waals surface area contributed by atoms with Gasteiger partial charge in [-0.3, -0.25) is 14.5 Å². The van der Waals surface area contributed by atoms with Crippen molar-refractivity contribution in [2.24, 2.45) is 0 Å². The number of aldehydes is 1. The topological polar surface area (TPSA) is 134 Å². The van der Waals surface area contributed by atoms with Gasteiger partial charge in [0.2, 0.25) is 0 Å². The molecule has 3 aromatic heterocycles. The molecule has 2 N–H and O–H groups in total. The quantitative estimate of drug-likeness (QED) is 0.315. The lowest BCUT2D eigenvalue weighted by molar-refractivity contribution is 0.0341. The highest BCUT2D eigenvalue weighted by atomic mass is 16.5. The van der Waals surface area contributed by atoms with E-state index in [1.54, 1.807) is 19.4 Å². The molecule has 1 aliphatic rings. The monoisotopic (exact) mass is 505 g/mol. The van der Waals surface area contributed by atoms with Gasteiger partial charge in [-0.25, -0.2) is 9.97 Å². The first kappa shape index (κ1) is 26.2. The molecule has 194 valence electrons. The highest BCUT2D eigenvalue weighted by Crippen LogP contribution is 2.27. The van der Waals surface area contributed by atoms with E-state index in [0.717, 1.165) is 30.5 Å². The third-order valence-electron chi connectivity index (χ3n) is 6.21. The Morgan fingerprint density at radius 2 is 2.11 bits per heavy atom. The van der Waals surface area contributed by atoms with Crippen molar-refractivity contribution >= 4 is 34.7 Å². The second-order valence-electron chi connectivity index (χ2n) is 9.05. The number of carbonyl (C=O) groups is 2. The molecule has 11 heteroatoms. The van der Waals surface area contributed by atoms with E-state index in [1.165, 1.54) is 6.20 Å². The summed E-state index contributed by atoms with van der Waals surface area (Å²) in [7, 11) is 1.59. The summed E-state index contributed by atoms with van der Waals surface area (Å²) >= 11 is 0. The molecule has 0 unspecified atom stereocenters. The molecular weight excluding hydrogens is 474 g/mol. The van der Waals surface area contributed by atoms with Crippen molar-refractivity contribution in [2.75, 3.05) is 57.2 Å². The second-order valence-corrected chi connectivity index (χ2v) is 9.05. The molecule has 4 heterocycles. The Morgan fingerprint density at radius 1 is 1.32 bits per heavy atom. The second kappa shape index (κ2) is 11.9. The number of hydrogen-bond acceptors (Lipinski definition) is 9. The molecule has 0 spiro atoms. The summed E-state index contributed by atoms with van der Waals surface area (Å²) in [6.07, 6.45) is 3.90. The number of morpholine rings is 1. The van der Waals surface area contributed by atoms with Crippen LogP contribution in [0.15, 0.2) is 24.5 Å². The van der Waals surface area contributed by atoms with E-state index in [4.69, 9.17) is 9.47 Å². The lowest BCUT2D eigenvalue weighted by Crippen LogP contribution is -2.36. The number of methoxy groups -OCH3 is 1. The van der Waals surface area contributed by atoms with E-state index < -0.39 is 5.91 Å². The van der Waals surface area contributed by atoms with Crippen LogP contribution in [0.1, 0.15) is 51.9 Å². The molecule has 37 heavy (non-hydrogen) atoms. The van der Waals surface area contributed by atoms with Crippen LogP contribution in [-0.4, -0.2) is 78.2 Å². The summed E-state index contributed by atoms with van der Waals surface area (Å²) in [5.74, 6) is -0.122. The van der Waals surface area contributed by atoms with Crippen LogP contribution in [0.4, 0.5) is 11.5 Å². The van der Waals surface area contributed by atoms with Crippen molar-refractivity contribution < 1.29 is 19.1 Å². The molecule has 1 aliphatic heterocycles. The number of hydrogen-bond donors (Lipinski definition) is 2. The molecule has 0 aliphatic carbocycles. The van der Waals surface area contributed by atoms with Gasteiger partial charge >= 0.3 is 0 Å². The van der Waals surface area contributed by atoms with E-state index >= 15 is 0 Å². The molecule has 1 amide bonds. The van der Waals surface area contributed by atoms with Gasteiger partial charge in [0.05, 0.1) is 42.2 Å². The smallest absolute Gasteiger partial charge is 0.260 e. The Labute approximate surface area is 215 Å². The van der Waals surface area contributed by atoms with Gasteiger partial charge in [0.1, 0.15) is 23.1 Å². The summed E-state index contributed by atoms with van der Waals surface area (Å²) in [5, 5.41) is 15.3. The van der Waals surface area contributed by atoms with E-state index in [0.29, 0.717) is 60.9 Å². The van der Waals surface area contributed by atoms with Crippen molar-refractivity contribution in [1.82, 2.24) is 19.4 Å². The normalized spacial score (nSPS) is 14.0. The molecule has 0 radical (unpaired) electrons.